The van der Waals surface area contributed by atoms with Crippen molar-refractivity contribution >= 4 is 12.1 Å². The van der Waals surface area contributed by atoms with Crippen molar-refractivity contribution in [2.24, 2.45) is 0 Å². The van der Waals surface area contributed by atoms with Crippen molar-refractivity contribution in [1.29, 1.82) is 0 Å². The molecule has 0 atom stereocenters. The first kappa shape index (κ1) is 18.8. The molecule has 0 aromatic carbocycles. The van der Waals surface area contributed by atoms with E-state index in [4.69, 9.17) is 0 Å². The fourth-order valence-corrected chi connectivity index (χ4v) is 0.385. The molecule has 0 unspecified atom stereocenters. The van der Waals surface area contributed by atoms with Crippen LogP contribution < -0.4 is 5.32 Å². The van der Waals surface area contributed by atoms with Crippen molar-refractivity contribution in [2.45, 2.75) is 34.6 Å². The molecular weight excluding hydrogens is 178 g/mol. The van der Waals surface area contributed by atoms with Crippen LogP contribution in [0, 0.1) is 0 Å². The molecule has 3 heteroatoms. The van der Waals surface area contributed by atoms with Gasteiger partial charge in [-0.15, -0.1) is 0 Å². The van der Waals surface area contributed by atoms with Crippen molar-refractivity contribution in [3.8, 4) is 0 Å². The Morgan fingerprint density at radius 2 is 1.64 bits per heavy atom. The van der Waals surface area contributed by atoms with Crippen LogP contribution in [0.3, 0.4) is 0 Å². The summed E-state index contributed by atoms with van der Waals surface area (Å²) in [5, 5.41) is 2.72. The summed E-state index contributed by atoms with van der Waals surface area (Å²) >= 11 is 0. The zero-order valence-electron chi connectivity index (χ0n) is 10.2. The minimum Gasteiger partial charge on any atom is -0.313 e. The maximum absolute atomic E-state index is 9.98. The Morgan fingerprint density at radius 3 is 1.64 bits per heavy atom. The standard InChI is InChI=1S/C5H8O.C4H9NO.C2H6/c1-5(2)3-4-6;1-4(6)3-5-2;1-2/h3-4H,1-2H3;5H,3H2,1-2H3;1-2H3. The first-order valence-electron chi connectivity index (χ1n) is 4.77. The van der Waals surface area contributed by atoms with E-state index in [9.17, 15) is 9.59 Å². The predicted molar refractivity (Wildman–Crippen MR) is 61.5 cm³/mol. The van der Waals surface area contributed by atoms with Crippen LogP contribution in [0.2, 0.25) is 0 Å². The molecule has 14 heavy (non-hydrogen) atoms. The van der Waals surface area contributed by atoms with Crippen LogP contribution >= 0.6 is 0 Å². The van der Waals surface area contributed by atoms with Gasteiger partial charge in [0.15, 0.2) is 0 Å². The largest absolute Gasteiger partial charge is 0.313 e. The number of ketones is 1. The lowest BCUT2D eigenvalue weighted by Gasteiger charge is -1.85. The van der Waals surface area contributed by atoms with Crippen LogP contribution in [0.5, 0.6) is 0 Å². The molecule has 0 rings (SSSR count). The van der Waals surface area contributed by atoms with Gasteiger partial charge in [0.2, 0.25) is 0 Å². The van der Waals surface area contributed by atoms with E-state index in [2.05, 4.69) is 5.32 Å². The van der Waals surface area contributed by atoms with Gasteiger partial charge in [0.05, 0.1) is 6.54 Å². The number of likely N-dealkylation sites (N-methyl/N-ethyl adjacent to an activating group) is 1. The third-order valence-corrected chi connectivity index (χ3v) is 0.827. The van der Waals surface area contributed by atoms with E-state index in [1.54, 1.807) is 14.0 Å². The molecule has 0 heterocycles. The second-order valence-corrected chi connectivity index (χ2v) is 2.61. The Hall–Kier alpha value is -0.960. The normalized spacial score (nSPS) is 7.00. The molecule has 0 aromatic rings. The van der Waals surface area contributed by atoms with Crippen LogP contribution in [0.1, 0.15) is 34.6 Å². The molecule has 0 saturated carbocycles. The van der Waals surface area contributed by atoms with Gasteiger partial charge < -0.3 is 5.32 Å². The molecule has 0 aromatic heterocycles. The highest BCUT2D eigenvalue weighted by Gasteiger charge is 1.82. The van der Waals surface area contributed by atoms with Gasteiger partial charge >= 0.3 is 0 Å². The van der Waals surface area contributed by atoms with Crippen LogP contribution in [0.25, 0.3) is 0 Å². The van der Waals surface area contributed by atoms with Gasteiger partial charge in [-0.25, -0.2) is 0 Å². The van der Waals surface area contributed by atoms with Gasteiger partial charge in [0, 0.05) is 0 Å². The summed E-state index contributed by atoms with van der Waals surface area (Å²) in [6, 6.07) is 0. The van der Waals surface area contributed by atoms with Crippen LogP contribution in [-0.4, -0.2) is 25.7 Å². The van der Waals surface area contributed by atoms with E-state index in [0.717, 1.165) is 11.9 Å². The number of carbonyl (C=O) groups is 2. The lowest BCUT2D eigenvalue weighted by molar-refractivity contribution is -0.116. The molecule has 0 fully saturated rings. The number of rotatable bonds is 3. The second-order valence-electron chi connectivity index (χ2n) is 2.61. The quantitative estimate of drug-likeness (QED) is 0.561. The van der Waals surface area contributed by atoms with E-state index >= 15 is 0 Å². The lowest BCUT2D eigenvalue weighted by Crippen LogP contribution is -2.14. The molecule has 1 N–H and O–H groups in total. The molecule has 0 bridgehead atoms. The maximum atomic E-state index is 9.98. The van der Waals surface area contributed by atoms with Gasteiger partial charge in [-0.3, -0.25) is 9.59 Å². The van der Waals surface area contributed by atoms with Crippen molar-refractivity contribution in [2.75, 3.05) is 13.6 Å². The van der Waals surface area contributed by atoms with Crippen molar-refractivity contribution in [1.82, 2.24) is 5.32 Å². The third kappa shape index (κ3) is 43.8. The first-order valence-corrected chi connectivity index (χ1v) is 4.77. The van der Waals surface area contributed by atoms with E-state index in [1.165, 1.54) is 6.08 Å². The molecule has 84 valence electrons. The molecular formula is C11H23NO2. The van der Waals surface area contributed by atoms with Crippen molar-refractivity contribution in [3.63, 3.8) is 0 Å². The maximum Gasteiger partial charge on any atom is 0.143 e. The Morgan fingerprint density at radius 1 is 1.21 bits per heavy atom. The Balaban J connectivity index is -0.000000147. The highest BCUT2D eigenvalue weighted by molar-refractivity contribution is 5.77. The Labute approximate surface area is 87.6 Å². The zero-order valence-corrected chi connectivity index (χ0v) is 10.2. The van der Waals surface area contributed by atoms with E-state index in [-0.39, 0.29) is 5.78 Å². The first-order chi connectivity index (χ1) is 6.54. The number of carbonyl (C=O) groups excluding carboxylic acids is 2. The Bertz CT molecular complexity index is 159. The van der Waals surface area contributed by atoms with E-state index in [0.29, 0.717) is 6.54 Å². The molecule has 0 spiro atoms. The summed E-state index contributed by atoms with van der Waals surface area (Å²) < 4.78 is 0. The van der Waals surface area contributed by atoms with Gasteiger partial charge in [-0.1, -0.05) is 19.4 Å². The number of aldehydes is 1. The summed E-state index contributed by atoms with van der Waals surface area (Å²) in [5.74, 6) is 0.178. The van der Waals surface area contributed by atoms with Crippen LogP contribution in [0.15, 0.2) is 11.6 Å². The summed E-state index contributed by atoms with van der Waals surface area (Å²) in [6.45, 7) is 9.80. The van der Waals surface area contributed by atoms with Gasteiger partial charge in [0.25, 0.3) is 0 Å². The fraction of sp³-hybridized carbons (Fsp3) is 0.636. The summed E-state index contributed by atoms with van der Waals surface area (Å²) in [6.07, 6.45) is 2.31. The zero-order chi connectivity index (χ0) is 12.0. The monoisotopic (exact) mass is 201 g/mol. The minimum atomic E-state index is 0.178. The average molecular weight is 201 g/mol. The third-order valence-electron chi connectivity index (χ3n) is 0.827. The van der Waals surface area contributed by atoms with Crippen molar-refractivity contribution in [3.05, 3.63) is 11.6 Å². The molecule has 0 amide bonds. The topological polar surface area (TPSA) is 46.2 Å². The predicted octanol–water partition coefficient (Wildman–Crippen LogP) is 1.97. The molecule has 0 saturated heterocycles. The van der Waals surface area contributed by atoms with E-state index < -0.39 is 0 Å². The molecule has 0 aliphatic carbocycles. The van der Waals surface area contributed by atoms with Crippen LogP contribution in [0.4, 0.5) is 0 Å². The minimum absolute atomic E-state index is 0.178. The lowest BCUT2D eigenvalue weighted by atomic mass is 10.3. The van der Waals surface area contributed by atoms with Crippen molar-refractivity contribution < 1.29 is 9.59 Å². The second kappa shape index (κ2) is 18.0. The summed E-state index contributed by atoms with van der Waals surface area (Å²) in [4.78, 5) is 19.5. The summed E-state index contributed by atoms with van der Waals surface area (Å²) in [7, 11) is 1.75. The number of allylic oxidation sites excluding steroid dienone is 2. The fourth-order valence-electron chi connectivity index (χ4n) is 0.385. The molecule has 0 radical (unpaired) electrons. The SMILES string of the molecule is CC.CC(C)=CC=O.CNCC(C)=O. The molecule has 3 nitrogen and oxygen atoms in total. The van der Waals surface area contributed by atoms with Gasteiger partial charge in [0.1, 0.15) is 12.1 Å². The molecule has 0 aliphatic rings. The Kier molecular flexibility index (Phi) is 24.1. The number of nitrogens with one attached hydrogen (secondary N) is 1. The van der Waals surface area contributed by atoms with Crippen LogP contribution in [-0.2, 0) is 9.59 Å². The highest BCUT2D eigenvalue weighted by Crippen LogP contribution is 1.81. The van der Waals surface area contributed by atoms with E-state index in [1.807, 2.05) is 27.7 Å². The smallest absolute Gasteiger partial charge is 0.143 e. The number of hydrogen-bond acceptors (Lipinski definition) is 3. The molecule has 0 aliphatic heterocycles. The average Bonchev–Trinajstić information content (AvgIpc) is 2.08. The van der Waals surface area contributed by atoms with Gasteiger partial charge in [-0.05, 0) is 33.9 Å². The number of Topliss-reactive ketones (excluding diaryl/α,β-unsaturated/α-hetero) is 1. The highest BCUT2D eigenvalue weighted by atomic mass is 16.1. The number of hydrogen-bond donors (Lipinski definition) is 1. The summed E-state index contributed by atoms with van der Waals surface area (Å²) in [5.41, 5.74) is 1.05. The van der Waals surface area contributed by atoms with Gasteiger partial charge in [-0.2, -0.15) is 0 Å².